The maximum absolute atomic E-state index is 12.7. The van der Waals surface area contributed by atoms with Gasteiger partial charge in [0.1, 0.15) is 11.8 Å². The second kappa shape index (κ2) is 8.26. The van der Waals surface area contributed by atoms with Crippen molar-refractivity contribution in [1.29, 1.82) is 0 Å². The largest absolute Gasteiger partial charge is 0.497 e. The van der Waals surface area contributed by atoms with Crippen molar-refractivity contribution in [3.8, 4) is 5.75 Å². The van der Waals surface area contributed by atoms with Crippen LogP contribution < -0.4 is 14.4 Å². The number of hydrogen-bond acceptors (Lipinski definition) is 6. The summed E-state index contributed by atoms with van der Waals surface area (Å²) < 4.78 is 30.8. The molecule has 150 valence electrons. The highest BCUT2D eigenvalue weighted by molar-refractivity contribution is 7.92. The van der Waals surface area contributed by atoms with Crippen LogP contribution in [0.15, 0.2) is 42.5 Å². The van der Waals surface area contributed by atoms with Crippen LogP contribution in [0.3, 0.4) is 0 Å². The Balaban J connectivity index is 2.42. The molecule has 0 heterocycles. The lowest BCUT2D eigenvalue weighted by atomic mass is 10.1. The van der Waals surface area contributed by atoms with Crippen LogP contribution in [-0.4, -0.2) is 38.7 Å². The van der Waals surface area contributed by atoms with Gasteiger partial charge in [0.15, 0.2) is 0 Å². The monoisotopic (exact) mass is 407 g/mol. The first kappa shape index (κ1) is 21.2. The lowest BCUT2D eigenvalue weighted by molar-refractivity contribution is -0.384. The Labute approximate surface area is 163 Å². The third-order valence-corrected chi connectivity index (χ3v) is 5.29. The second-order valence-corrected chi connectivity index (χ2v) is 8.04. The van der Waals surface area contributed by atoms with Crippen LogP contribution in [0.5, 0.6) is 5.75 Å². The summed E-state index contributed by atoms with van der Waals surface area (Å²) in [6.07, 6.45) is 0.945. The van der Waals surface area contributed by atoms with E-state index in [1.165, 1.54) is 26.2 Å². The van der Waals surface area contributed by atoms with Crippen LogP contribution in [-0.2, 0) is 14.8 Å². The zero-order valence-corrected chi connectivity index (χ0v) is 16.7. The lowest BCUT2D eigenvalue weighted by Gasteiger charge is -2.29. The maximum atomic E-state index is 12.7. The number of sulfonamides is 1. The quantitative estimate of drug-likeness (QED) is 0.557. The molecule has 0 aliphatic carbocycles. The molecule has 0 spiro atoms. The number of carbonyl (C=O) groups is 1. The van der Waals surface area contributed by atoms with Gasteiger partial charge in [0, 0.05) is 23.9 Å². The first-order valence-electron chi connectivity index (χ1n) is 8.24. The van der Waals surface area contributed by atoms with E-state index in [4.69, 9.17) is 4.74 Å². The summed E-state index contributed by atoms with van der Waals surface area (Å²) >= 11 is 0. The predicted octanol–water partition coefficient (Wildman–Crippen LogP) is 2.71. The van der Waals surface area contributed by atoms with Crippen LogP contribution in [0.4, 0.5) is 17.1 Å². The lowest BCUT2D eigenvalue weighted by Crippen LogP contribution is -2.45. The van der Waals surface area contributed by atoms with E-state index >= 15 is 0 Å². The van der Waals surface area contributed by atoms with Gasteiger partial charge in [0.25, 0.3) is 5.69 Å². The summed E-state index contributed by atoms with van der Waals surface area (Å²) in [5.74, 6) is -0.0652. The van der Waals surface area contributed by atoms with E-state index in [9.17, 15) is 23.3 Å². The number of aryl methyl sites for hydroxylation is 1. The van der Waals surface area contributed by atoms with Crippen molar-refractivity contribution >= 4 is 33.0 Å². The van der Waals surface area contributed by atoms with E-state index in [2.05, 4.69) is 5.32 Å². The minimum atomic E-state index is -3.91. The number of carbonyl (C=O) groups excluding carboxylic acids is 1. The SMILES string of the molecule is COc1cccc(NC(=O)[C@H](C)N(c2cc([N+](=O)[O-])ccc2C)S(C)(=O)=O)c1. The van der Waals surface area contributed by atoms with E-state index < -0.39 is 26.9 Å². The molecule has 9 nitrogen and oxygen atoms in total. The molecule has 0 unspecified atom stereocenters. The van der Waals surface area contributed by atoms with E-state index in [-0.39, 0.29) is 11.4 Å². The predicted molar refractivity (Wildman–Crippen MR) is 106 cm³/mol. The fraction of sp³-hybridized carbons (Fsp3) is 0.278. The fourth-order valence-electron chi connectivity index (χ4n) is 2.68. The van der Waals surface area contributed by atoms with Gasteiger partial charge in [0.2, 0.25) is 15.9 Å². The highest BCUT2D eigenvalue weighted by atomic mass is 32.2. The maximum Gasteiger partial charge on any atom is 0.271 e. The van der Waals surface area contributed by atoms with Gasteiger partial charge in [-0.15, -0.1) is 0 Å². The molecule has 0 aromatic heterocycles. The molecular formula is C18H21N3O6S. The number of nitro groups is 1. The van der Waals surface area contributed by atoms with Gasteiger partial charge >= 0.3 is 0 Å². The number of methoxy groups -OCH3 is 1. The molecular weight excluding hydrogens is 386 g/mol. The number of anilines is 2. The Morgan fingerprint density at radius 1 is 1.25 bits per heavy atom. The molecule has 0 aliphatic heterocycles. The number of nitro benzene ring substituents is 1. The molecule has 10 heteroatoms. The summed E-state index contributed by atoms with van der Waals surface area (Å²) in [5, 5.41) is 13.7. The van der Waals surface area contributed by atoms with Gasteiger partial charge in [-0.25, -0.2) is 8.42 Å². The molecule has 0 fully saturated rings. The fourth-order valence-corrected chi connectivity index (χ4v) is 3.90. The van der Waals surface area contributed by atoms with Crippen molar-refractivity contribution in [2.45, 2.75) is 19.9 Å². The van der Waals surface area contributed by atoms with Crippen LogP contribution in [0.25, 0.3) is 0 Å². The second-order valence-electron chi connectivity index (χ2n) is 6.18. The van der Waals surface area contributed by atoms with Crippen molar-refractivity contribution in [3.63, 3.8) is 0 Å². The third kappa shape index (κ3) is 4.77. The van der Waals surface area contributed by atoms with Crippen LogP contribution in [0.2, 0.25) is 0 Å². The normalized spacial score (nSPS) is 12.1. The molecule has 2 aromatic carbocycles. The van der Waals surface area contributed by atoms with Crippen molar-refractivity contribution in [1.82, 2.24) is 0 Å². The average molecular weight is 407 g/mol. The Kier molecular flexibility index (Phi) is 6.24. The number of nitrogens with one attached hydrogen (secondary N) is 1. The minimum absolute atomic E-state index is 0.0741. The molecule has 1 N–H and O–H groups in total. The number of rotatable bonds is 7. The third-order valence-electron chi connectivity index (χ3n) is 4.07. The van der Waals surface area contributed by atoms with Crippen molar-refractivity contribution < 1.29 is 22.9 Å². The summed E-state index contributed by atoms with van der Waals surface area (Å²) in [6, 6.07) is 9.32. The average Bonchev–Trinajstić information content (AvgIpc) is 2.62. The number of hydrogen-bond donors (Lipinski definition) is 1. The number of ether oxygens (including phenoxy) is 1. The molecule has 0 saturated carbocycles. The molecule has 0 radical (unpaired) electrons. The van der Waals surface area contributed by atoms with Gasteiger partial charge in [0.05, 0.1) is 24.0 Å². The van der Waals surface area contributed by atoms with Gasteiger partial charge in [-0.05, 0) is 31.5 Å². The van der Waals surface area contributed by atoms with E-state index in [0.29, 0.717) is 17.0 Å². The summed E-state index contributed by atoms with van der Waals surface area (Å²) in [6.45, 7) is 3.03. The Morgan fingerprint density at radius 3 is 2.50 bits per heavy atom. The first-order chi connectivity index (χ1) is 13.0. The van der Waals surface area contributed by atoms with E-state index in [1.54, 1.807) is 31.2 Å². The van der Waals surface area contributed by atoms with Gasteiger partial charge in [-0.3, -0.25) is 19.2 Å². The van der Waals surface area contributed by atoms with Gasteiger partial charge in [-0.1, -0.05) is 12.1 Å². The molecule has 0 saturated heterocycles. The molecule has 2 aromatic rings. The number of benzene rings is 2. The van der Waals surface area contributed by atoms with Crippen LogP contribution in [0.1, 0.15) is 12.5 Å². The number of non-ortho nitro benzene ring substituents is 1. The number of nitrogens with zero attached hydrogens (tertiary/aromatic N) is 2. The van der Waals surface area contributed by atoms with Gasteiger partial charge < -0.3 is 10.1 Å². The highest BCUT2D eigenvalue weighted by Gasteiger charge is 2.31. The topological polar surface area (TPSA) is 119 Å². The van der Waals surface area contributed by atoms with Crippen molar-refractivity contribution in [2.75, 3.05) is 23.0 Å². The molecule has 28 heavy (non-hydrogen) atoms. The van der Waals surface area contributed by atoms with Crippen molar-refractivity contribution in [2.24, 2.45) is 0 Å². The van der Waals surface area contributed by atoms with E-state index in [0.717, 1.165) is 16.6 Å². The molecule has 0 aliphatic rings. The molecule has 1 atom stereocenters. The van der Waals surface area contributed by atoms with E-state index in [1.807, 2.05) is 0 Å². The van der Waals surface area contributed by atoms with Gasteiger partial charge in [-0.2, -0.15) is 0 Å². The summed E-state index contributed by atoms with van der Waals surface area (Å²) in [5.41, 5.74) is 0.720. The Morgan fingerprint density at radius 2 is 1.93 bits per heavy atom. The Hall–Kier alpha value is -3.14. The highest BCUT2D eigenvalue weighted by Crippen LogP contribution is 2.29. The smallest absolute Gasteiger partial charge is 0.271 e. The summed E-state index contributed by atoms with van der Waals surface area (Å²) in [4.78, 5) is 23.2. The molecule has 1 amide bonds. The molecule has 2 rings (SSSR count). The zero-order chi connectivity index (χ0) is 21.1. The van der Waals surface area contributed by atoms with Crippen LogP contribution >= 0.6 is 0 Å². The molecule has 0 bridgehead atoms. The minimum Gasteiger partial charge on any atom is -0.497 e. The first-order valence-corrected chi connectivity index (χ1v) is 10.1. The summed E-state index contributed by atoms with van der Waals surface area (Å²) in [7, 11) is -2.42. The van der Waals surface area contributed by atoms with Crippen molar-refractivity contribution in [3.05, 3.63) is 58.1 Å². The number of amides is 1. The van der Waals surface area contributed by atoms with Crippen LogP contribution in [0, 0.1) is 17.0 Å². The zero-order valence-electron chi connectivity index (χ0n) is 15.9. The Bertz CT molecular complexity index is 1010. The standard InChI is InChI=1S/C18H21N3O6S/c1-12-8-9-15(21(23)24)11-17(12)20(28(4,25)26)13(2)18(22)19-14-6-5-7-16(10-14)27-3/h5-11,13H,1-4H3,(H,19,22)/t13-/m0/s1.